The van der Waals surface area contributed by atoms with Crippen LogP contribution in [0.5, 0.6) is 0 Å². The van der Waals surface area contributed by atoms with Crippen LogP contribution in [0, 0.1) is 6.92 Å². The fourth-order valence-corrected chi connectivity index (χ4v) is 3.25. The highest BCUT2D eigenvalue weighted by molar-refractivity contribution is 6.06. The van der Waals surface area contributed by atoms with Gasteiger partial charge in [-0.3, -0.25) is 9.98 Å². The van der Waals surface area contributed by atoms with Gasteiger partial charge in [0.15, 0.2) is 5.66 Å². The Morgan fingerprint density at radius 2 is 2.00 bits per heavy atom. The van der Waals surface area contributed by atoms with Crippen molar-refractivity contribution in [3.63, 3.8) is 0 Å². The normalized spacial score (nSPS) is 23.1. The topological polar surface area (TPSA) is 40.5 Å². The Kier molecular flexibility index (Phi) is 2.55. The van der Waals surface area contributed by atoms with Crippen molar-refractivity contribution >= 4 is 11.5 Å². The Morgan fingerprint density at radius 1 is 1.14 bits per heavy atom. The molecule has 0 spiro atoms. The van der Waals surface area contributed by atoms with Crippen LogP contribution in [0.15, 0.2) is 47.5 Å². The van der Waals surface area contributed by atoms with E-state index in [1.54, 1.807) is 0 Å². The molecule has 1 aromatic heterocycles. The summed E-state index contributed by atoms with van der Waals surface area (Å²) in [7, 11) is 0. The zero-order valence-electron chi connectivity index (χ0n) is 12.3. The minimum atomic E-state index is -0.351. The zero-order chi connectivity index (χ0) is 14.4. The highest BCUT2D eigenvalue weighted by Gasteiger charge is 2.43. The van der Waals surface area contributed by atoms with Crippen LogP contribution >= 0.6 is 0 Å². The first-order chi connectivity index (χ1) is 10.2. The minimum absolute atomic E-state index is 0.351. The molecule has 3 heterocycles. The Bertz CT molecular complexity index is 737. The van der Waals surface area contributed by atoms with E-state index in [0.29, 0.717) is 0 Å². The summed E-state index contributed by atoms with van der Waals surface area (Å²) in [6.45, 7) is 5.98. The molecule has 1 aromatic carbocycles. The molecule has 106 valence electrons. The van der Waals surface area contributed by atoms with Crippen molar-refractivity contribution in [1.82, 2.24) is 9.88 Å². The van der Waals surface area contributed by atoms with E-state index in [0.717, 1.165) is 36.0 Å². The molecule has 0 radical (unpaired) electrons. The molecule has 4 rings (SSSR count). The van der Waals surface area contributed by atoms with E-state index in [1.807, 2.05) is 13.0 Å². The second-order valence-corrected chi connectivity index (χ2v) is 5.76. The van der Waals surface area contributed by atoms with Gasteiger partial charge < -0.3 is 10.2 Å². The van der Waals surface area contributed by atoms with Crippen LogP contribution in [-0.4, -0.2) is 28.8 Å². The number of hydrogen-bond acceptors (Lipinski definition) is 4. The van der Waals surface area contributed by atoms with E-state index in [4.69, 9.17) is 9.98 Å². The molecule has 0 saturated carbocycles. The lowest BCUT2D eigenvalue weighted by molar-refractivity contribution is 0.235. The maximum Gasteiger partial charge on any atom is 0.152 e. The van der Waals surface area contributed by atoms with E-state index in [2.05, 4.69) is 53.5 Å². The molecule has 1 N–H and O–H groups in total. The molecule has 0 amide bonds. The van der Waals surface area contributed by atoms with Gasteiger partial charge in [0.05, 0.1) is 12.2 Å². The third-order valence-electron chi connectivity index (χ3n) is 4.31. The molecule has 4 heteroatoms. The van der Waals surface area contributed by atoms with Crippen LogP contribution in [0.25, 0.3) is 0 Å². The predicted octanol–water partition coefficient (Wildman–Crippen LogP) is 2.75. The first kappa shape index (κ1) is 12.4. The van der Waals surface area contributed by atoms with Gasteiger partial charge in [0, 0.05) is 23.5 Å². The number of aryl methyl sites for hydroxylation is 1. The van der Waals surface area contributed by atoms with Crippen LogP contribution in [0.4, 0.5) is 5.69 Å². The summed E-state index contributed by atoms with van der Waals surface area (Å²) in [5, 5.41) is 3.67. The van der Waals surface area contributed by atoms with Crippen molar-refractivity contribution in [2.45, 2.75) is 19.5 Å². The SMILES string of the molecule is Cc1cccc(C2(C)Nc3ccccc3C3=NCCN32)n1. The van der Waals surface area contributed by atoms with E-state index >= 15 is 0 Å². The smallest absolute Gasteiger partial charge is 0.152 e. The molecule has 0 fully saturated rings. The Hall–Kier alpha value is -2.36. The number of anilines is 1. The molecule has 0 aliphatic carbocycles. The lowest BCUT2D eigenvalue weighted by Gasteiger charge is -2.45. The summed E-state index contributed by atoms with van der Waals surface area (Å²) in [6.07, 6.45) is 0. The van der Waals surface area contributed by atoms with Gasteiger partial charge in [0.1, 0.15) is 5.84 Å². The minimum Gasteiger partial charge on any atom is -0.357 e. The van der Waals surface area contributed by atoms with Crippen molar-refractivity contribution in [1.29, 1.82) is 0 Å². The quantitative estimate of drug-likeness (QED) is 0.872. The maximum atomic E-state index is 4.74. The lowest BCUT2D eigenvalue weighted by atomic mass is 9.97. The summed E-state index contributed by atoms with van der Waals surface area (Å²) in [6, 6.07) is 14.5. The third kappa shape index (κ3) is 1.75. The van der Waals surface area contributed by atoms with Gasteiger partial charge >= 0.3 is 0 Å². The molecule has 0 bridgehead atoms. The second kappa shape index (κ2) is 4.32. The van der Waals surface area contributed by atoms with Gasteiger partial charge in [-0.25, -0.2) is 0 Å². The first-order valence-corrected chi connectivity index (χ1v) is 7.32. The predicted molar refractivity (Wildman–Crippen MR) is 84.5 cm³/mol. The summed E-state index contributed by atoms with van der Waals surface area (Å²) < 4.78 is 0. The number of aliphatic imine (C=N–C) groups is 1. The highest BCUT2D eigenvalue weighted by Crippen LogP contribution is 2.38. The number of benzene rings is 1. The second-order valence-electron chi connectivity index (χ2n) is 5.76. The number of amidine groups is 1. The van der Waals surface area contributed by atoms with E-state index in [9.17, 15) is 0 Å². The molecule has 0 saturated heterocycles. The standard InChI is InChI=1S/C17H18N4/c1-12-6-5-9-15(19-12)17(2)20-14-8-4-3-7-13(14)16-18-10-11-21(16)17/h3-9,20H,10-11H2,1-2H3. The summed E-state index contributed by atoms with van der Waals surface area (Å²) in [5.41, 5.74) is 4.02. The van der Waals surface area contributed by atoms with Crippen molar-refractivity contribution < 1.29 is 0 Å². The summed E-state index contributed by atoms with van der Waals surface area (Å²) >= 11 is 0. The Labute approximate surface area is 124 Å². The Balaban J connectivity index is 1.90. The molecule has 2 aromatic rings. The summed E-state index contributed by atoms with van der Waals surface area (Å²) in [5.74, 6) is 1.08. The largest absolute Gasteiger partial charge is 0.357 e. The molecule has 1 atom stereocenters. The molecule has 1 unspecified atom stereocenters. The highest BCUT2D eigenvalue weighted by atomic mass is 15.4. The van der Waals surface area contributed by atoms with Crippen molar-refractivity contribution in [3.05, 3.63) is 59.4 Å². The number of hydrogen-bond donors (Lipinski definition) is 1. The number of nitrogens with one attached hydrogen (secondary N) is 1. The maximum absolute atomic E-state index is 4.74. The van der Waals surface area contributed by atoms with Crippen LogP contribution in [0.1, 0.15) is 23.9 Å². The molecule has 4 nitrogen and oxygen atoms in total. The van der Waals surface area contributed by atoms with Crippen molar-refractivity contribution in [3.8, 4) is 0 Å². The number of para-hydroxylation sites is 1. The first-order valence-electron chi connectivity index (χ1n) is 7.32. The van der Waals surface area contributed by atoms with Gasteiger partial charge in [0.25, 0.3) is 0 Å². The molecule has 2 aliphatic rings. The van der Waals surface area contributed by atoms with E-state index in [-0.39, 0.29) is 5.66 Å². The molecular formula is C17H18N4. The van der Waals surface area contributed by atoms with Crippen LogP contribution < -0.4 is 5.32 Å². The molecule has 2 aliphatic heterocycles. The third-order valence-corrected chi connectivity index (χ3v) is 4.31. The lowest BCUT2D eigenvalue weighted by Crippen LogP contribution is -2.55. The average Bonchev–Trinajstić information content (AvgIpc) is 2.98. The van der Waals surface area contributed by atoms with E-state index < -0.39 is 0 Å². The number of rotatable bonds is 1. The van der Waals surface area contributed by atoms with Crippen LogP contribution in [0.3, 0.4) is 0 Å². The van der Waals surface area contributed by atoms with Gasteiger partial charge in [-0.05, 0) is 38.1 Å². The van der Waals surface area contributed by atoms with E-state index in [1.165, 1.54) is 5.56 Å². The van der Waals surface area contributed by atoms with Gasteiger partial charge in [-0.1, -0.05) is 18.2 Å². The molecular weight excluding hydrogens is 260 g/mol. The fourth-order valence-electron chi connectivity index (χ4n) is 3.25. The number of aromatic nitrogens is 1. The number of pyridine rings is 1. The number of fused-ring (bicyclic) bond motifs is 3. The molecule has 21 heavy (non-hydrogen) atoms. The zero-order valence-corrected chi connectivity index (χ0v) is 12.3. The number of nitrogens with zero attached hydrogens (tertiary/aromatic N) is 3. The van der Waals surface area contributed by atoms with Crippen LogP contribution in [0.2, 0.25) is 0 Å². The van der Waals surface area contributed by atoms with Crippen molar-refractivity contribution in [2.75, 3.05) is 18.4 Å². The van der Waals surface area contributed by atoms with Gasteiger partial charge in [-0.2, -0.15) is 0 Å². The van der Waals surface area contributed by atoms with Gasteiger partial charge in [-0.15, -0.1) is 0 Å². The monoisotopic (exact) mass is 278 g/mol. The van der Waals surface area contributed by atoms with Gasteiger partial charge in [0.2, 0.25) is 0 Å². The summed E-state index contributed by atoms with van der Waals surface area (Å²) in [4.78, 5) is 11.8. The van der Waals surface area contributed by atoms with Crippen molar-refractivity contribution in [2.24, 2.45) is 4.99 Å². The average molecular weight is 278 g/mol. The fraction of sp³-hybridized carbons (Fsp3) is 0.294. The Morgan fingerprint density at radius 3 is 2.86 bits per heavy atom. The van der Waals surface area contributed by atoms with Crippen LogP contribution in [-0.2, 0) is 5.66 Å².